The number of nitrogens with one attached hydrogen (secondary N) is 1. The summed E-state index contributed by atoms with van der Waals surface area (Å²) in [6.07, 6.45) is 2.19. The Labute approximate surface area is 109 Å². The standard InChI is InChI=1S/C15H22N2O/c1-3-15(10-16-12(2)18)17-9-8-13-6-4-5-7-14(13)11-17/h4-7,15H,3,8-11H2,1-2H3,(H,16,18)/t15-/m1/s1. The Morgan fingerprint density at radius 1 is 1.39 bits per heavy atom. The highest BCUT2D eigenvalue weighted by molar-refractivity contribution is 5.72. The van der Waals surface area contributed by atoms with Crippen LogP contribution >= 0.6 is 0 Å². The molecule has 98 valence electrons. The van der Waals surface area contributed by atoms with Gasteiger partial charge in [-0.1, -0.05) is 31.2 Å². The molecular formula is C15H22N2O. The number of benzene rings is 1. The highest BCUT2D eigenvalue weighted by Crippen LogP contribution is 2.20. The highest BCUT2D eigenvalue weighted by atomic mass is 16.1. The van der Waals surface area contributed by atoms with Gasteiger partial charge in [-0.15, -0.1) is 0 Å². The maximum Gasteiger partial charge on any atom is 0.216 e. The van der Waals surface area contributed by atoms with Gasteiger partial charge in [-0.2, -0.15) is 0 Å². The van der Waals surface area contributed by atoms with E-state index in [1.54, 1.807) is 6.92 Å². The number of hydrogen-bond donors (Lipinski definition) is 1. The van der Waals surface area contributed by atoms with Crippen LogP contribution in [0, 0.1) is 0 Å². The van der Waals surface area contributed by atoms with E-state index >= 15 is 0 Å². The number of carbonyl (C=O) groups is 1. The quantitative estimate of drug-likeness (QED) is 0.881. The third kappa shape index (κ3) is 3.10. The van der Waals surface area contributed by atoms with Crippen molar-refractivity contribution in [2.45, 2.75) is 39.3 Å². The summed E-state index contributed by atoms with van der Waals surface area (Å²) in [6, 6.07) is 9.11. The summed E-state index contributed by atoms with van der Waals surface area (Å²) in [5.74, 6) is 0.0610. The Morgan fingerprint density at radius 2 is 2.11 bits per heavy atom. The molecule has 1 aliphatic heterocycles. The topological polar surface area (TPSA) is 32.3 Å². The fourth-order valence-electron chi connectivity index (χ4n) is 2.62. The van der Waals surface area contributed by atoms with Crippen molar-refractivity contribution in [2.75, 3.05) is 13.1 Å². The van der Waals surface area contributed by atoms with Crippen LogP contribution in [0.3, 0.4) is 0 Å². The molecule has 0 saturated carbocycles. The lowest BCUT2D eigenvalue weighted by Gasteiger charge is -2.35. The summed E-state index contributed by atoms with van der Waals surface area (Å²) < 4.78 is 0. The van der Waals surface area contributed by atoms with E-state index in [0.717, 1.165) is 32.5 Å². The number of rotatable bonds is 4. The van der Waals surface area contributed by atoms with E-state index in [1.165, 1.54) is 11.1 Å². The molecule has 0 aliphatic carbocycles. The molecule has 18 heavy (non-hydrogen) atoms. The lowest BCUT2D eigenvalue weighted by molar-refractivity contribution is -0.119. The van der Waals surface area contributed by atoms with Crippen LogP contribution in [0.5, 0.6) is 0 Å². The van der Waals surface area contributed by atoms with Crippen LogP contribution in [0.4, 0.5) is 0 Å². The molecule has 3 nitrogen and oxygen atoms in total. The van der Waals surface area contributed by atoms with Gasteiger partial charge in [0.15, 0.2) is 0 Å². The van der Waals surface area contributed by atoms with E-state index in [9.17, 15) is 4.79 Å². The first-order chi connectivity index (χ1) is 8.70. The van der Waals surface area contributed by atoms with Gasteiger partial charge in [0.1, 0.15) is 0 Å². The molecule has 1 aromatic rings. The van der Waals surface area contributed by atoms with Crippen LogP contribution in [0.1, 0.15) is 31.4 Å². The molecule has 1 amide bonds. The zero-order valence-electron chi connectivity index (χ0n) is 11.3. The zero-order chi connectivity index (χ0) is 13.0. The third-order valence-corrected chi connectivity index (χ3v) is 3.73. The maximum atomic E-state index is 11.0. The Balaban J connectivity index is 2.00. The van der Waals surface area contributed by atoms with Crippen molar-refractivity contribution in [3.63, 3.8) is 0 Å². The van der Waals surface area contributed by atoms with E-state index in [1.807, 2.05) is 0 Å². The molecule has 0 aromatic heterocycles. The smallest absolute Gasteiger partial charge is 0.216 e. The molecule has 0 fully saturated rings. The Morgan fingerprint density at radius 3 is 2.78 bits per heavy atom. The van der Waals surface area contributed by atoms with Crippen LogP contribution in [0.25, 0.3) is 0 Å². The van der Waals surface area contributed by atoms with Crippen molar-refractivity contribution in [2.24, 2.45) is 0 Å². The van der Waals surface area contributed by atoms with E-state index in [-0.39, 0.29) is 5.91 Å². The van der Waals surface area contributed by atoms with E-state index < -0.39 is 0 Å². The lowest BCUT2D eigenvalue weighted by Crippen LogP contribution is -2.45. The summed E-state index contributed by atoms with van der Waals surface area (Å²) in [6.45, 7) is 6.63. The van der Waals surface area contributed by atoms with Crippen LogP contribution in [-0.4, -0.2) is 29.9 Å². The largest absolute Gasteiger partial charge is 0.355 e. The van der Waals surface area contributed by atoms with Crippen molar-refractivity contribution in [1.29, 1.82) is 0 Å². The van der Waals surface area contributed by atoms with E-state index in [2.05, 4.69) is 41.4 Å². The first-order valence-corrected chi connectivity index (χ1v) is 6.76. The van der Waals surface area contributed by atoms with Crippen molar-refractivity contribution in [3.8, 4) is 0 Å². The summed E-state index contributed by atoms with van der Waals surface area (Å²) >= 11 is 0. The Hall–Kier alpha value is -1.35. The molecule has 3 heteroatoms. The molecule has 1 aliphatic rings. The van der Waals surface area contributed by atoms with Gasteiger partial charge in [0.25, 0.3) is 0 Å². The van der Waals surface area contributed by atoms with Gasteiger partial charge < -0.3 is 5.32 Å². The van der Waals surface area contributed by atoms with Crippen LogP contribution in [0.15, 0.2) is 24.3 Å². The molecule has 1 heterocycles. The van der Waals surface area contributed by atoms with Crippen molar-refractivity contribution < 1.29 is 4.79 Å². The summed E-state index contributed by atoms with van der Waals surface area (Å²) in [5.41, 5.74) is 2.91. The number of nitrogens with zero attached hydrogens (tertiary/aromatic N) is 1. The molecule has 1 N–H and O–H groups in total. The number of hydrogen-bond acceptors (Lipinski definition) is 2. The molecule has 0 saturated heterocycles. The molecule has 1 atom stereocenters. The van der Waals surface area contributed by atoms with Gasteiger partial charge in [-0.05, 0) is 24.0 Å². The van der Waals surface area contributed by atoms with E-state index in [4.69, 9.17) is 0 Å². The van der Waals surface area contributed by atoms with Gasteiger partial charge in [0.2, 0.25) is 5.91 Å². The van der Waals surface area contributed by atoms with Gasteiger partial charge in [-0.25, -0.2) is 0 Å². The first-order valence-electron chi connectivity index (χ1n) is 6.76. The van der Waals surface area contributed by atoms with Gasteiger partial charge in [0.05, 0.1) is 0 Å². The fraction of sp³-hybridized carbons (Fsp3) is 0.533. The number of carbonyl (C=O) groups excluding carboxylic acids is 1. The first kappa shape index (κ1) is 13.1. The molecular weight excluding hydrogens is 224 g/mol. The monoisotopic (exact) mass is 246 g/mol. The van der Waals surface area contributed by atoms with Gasteiger partial charge >= 0.3 is 0 Å². The highest BCUT2D eigenvalue weighted by Gasteiger charge is 2.22. The SMILES string of the molecule is CC[C@H](CNC(C)=O)N1CCc2ccccc2C1. The van der Waals surface area contributed by atoms with Crippen molar-refractivity contribution >= 4 is 5.91 Å². The molecule has 2 rings (SSSR count). The second-order valence-corrected chi connectivity index (χ2v) is 4.99. The van der Waals surface area contributed by atoms with Crippen LogP contribution < -0.4 is 5.32 Å². The third-order valence-electron chi connectivity index (χ3n) is 3.73. The average molecular weight is 246 g/mol. The van der Waals surface area contributed by atoms with Crippen molar-refractivity contribution in [1.82, 2.24) is 10.2 Å². The Kier molecular flexibility index (Phi) is 4.37. The molecule has 0 unspecified atom stereocenters. The molecule has 1 aromatic carbocycles. The van der Waals surface area contributed by atoms with Crippen molar-refractivity contribution in [3.05, 3.63) is 35.4 Å². The Bertz CT molecular complexity index is 417. The second-order valence-electron chi connectivity index (χ2n) is 4.99. The molecule has 0 spiro atoms. The number of amides is 1. The average Bonchev–Trinajstić information content (AvgIpc) is 2.39. The predicted octanol–water partition coefficient (Wildman–Crippen LogP) is 1.96. The minimum Gasteiger partial charge on any atom is -0.355 e. The lowest BCUT2D eigenvalue weighted by atomic mass is 9.98. The van der Waals surface area contributed by atoms with Crippen LogP contribution in [-0.2, 0) is 17.8 Å². The zero-order valence-corrected chi connectivity index (χ0v) is 11.3. The normalized spacial score (nSPS) is 17.0. The minimum atomic E-state index is 0.0610. The summed E-state index contributed by atoms with van der Waals surface area (Å²) in [7, 11) is 0. The molecule has 0 radical (unpaired) electrons. The minimum absolute atomic E-state index is 0.0610. The number of fused-ring (bicyclic) bond motifs is 1. The van der Waals surface area contributed by atoms with Crippen LogP contribution in [0.2, 0.25) is 0 Å². The predicted molar refractivity (Wildman–Crippen MR) is 73.3 cm³/mol. The summed E-state index contributed by atoms with van der Waals surface area (Å²) in [4.78, 5) is 13.5. The molecule has 0 bridgehead atoms. The maximum absolute atomic E-state index is 11.0. The van der Waals surface area contributed by atoms with E-state index in [0.29, 0.717) is 6.04 Å². The second kappa shape index (κ2) is 6.01. The summed E-state index contributed by atoms with van der Waals surface area (Å²) in [5, 5.41) is 2.94. The fourth-order valence-corrected chi connectivity index (χ4v) is 2.62. The van der Waals surface area contributed by atoms with Gasteiger partial charge in [0, 0.05) is 32.6 Å². The van der Waals surface area contributed by atoms with Gasteiger partial charge in [-0.3, -0.25) is 9.69 Å².